The summed E-state index contributed by atoms with van der Waals surface area (Å²) < 4.78 is 11.7. The smallest absolute Gasteiger partial charge is 0.137 e. The molecule has 0 bridgehead atoms. The SMILES string of the molecule is C=CCc1cc(Cl)ccc1OCC[NH+]1C[C@H](C)O[C@@H](C)C1. The first-order valence-electron chi connectivity index (χ1n) is 7.59. The topological polar surface area (TPSA) is 22.9 Å². The minimum Gasteiger partial charge on any atom is -0.487 e. The highest BCUT2D eigenvalue weighted by atomic mass is 35.5. The van der Waals surface area contributed by atoms with Crippen LogP contribution in [0.15, 0.2) is 30.9 Å². The van der Waals surface area contributed by atoms with Crippen molar-refractivity contribution in [2.75, 3.05) is 26.2 Å². The lowest BCUT2D eigenvalue weighted by Gasteiger charge is -2.32. The van der Waals surface area contributed by atoms with Crippen LogP contribution in [0.5, 0.6) is 5.75 Å². The van der Waals surface area contributed by atoms with Crippen molar-refractivity contribution in [3.8, 4) is 5.75 Å². The van der Waals surface area contributed by atoms with Crippen LogP contribution < -0.4 is 9.64 Å². The van der Waals surface area contributed by atoms with Crippen molar-refractivity contribution < 1.29 is 14.4 Å². The van der Waals surface area contributed by atoms with E-state index in [9.17, 15) is 0 Å². The molecule has 1 heterocycles. The Morgan fingerprint density at radius 2 is 2.10 bits per heavy atom. The van der Waals surface area contributed by atoms with Gasteiger partial charge >= 0.3 is 0 Å². The molecule has 116 valence electrons. The molecule has 1 aliphatic rings. The summed E-state index contributed by atoms with van der Waals surface area (Å²) in [5, 5.41) is 0.737. The van der Waals surface area contributed by atoms with E-state index >= 15 is 0 Å². The number of allylic oxidation sites excluding steroid dienone is 1. The number of quaternary nitrogens is 1. The van der Waals surface area contributed by atoms with Crippen molar-refractivity contribution in [2.24, 2.45) is 0 Å². The quantitative estimate of drug-likeness (QED) is 0.814. The molecule has 0 unspecified atom stereocenters. The molecule has 1 saturated heterocycles. The van der Waals surface area contributed by atoms with Gasteiger partial charge in [-0.05, 0) is 44.0 Å². The molecular formula is C17H25ClNO2+. The Morgan fingerprint density at radius 3 is 2.76 bits per heavy atom. The molecule has 1 fully saturated rings. The minimum absolute atomic E-state index is 0.329. The zero-order chi connectivity index (χ0) is 15.2. The lowest BCUT2D eigenvalue weighted by molar-refractivity contribution is -0.915. The summed E-state index contributed by atoms with van der Waals surface area (Å²) in [7, 11) is 0. The summed E-state index contributed by atoms with van der Waals surface area (Å²) in [6, 6.07) is 5.76. The van der Waals surface area contributed by atoms with Gasteiger partial charge in [0.1, 0.15) is 44.2 Å². The molecule has 21 heavy (non-hydrogen) atoms. The minimum atomic E-state index is 0.329. The van der Waals surface area contributed by atoms with E-state index in [1.807, 2.05) is 24.3 Å². The third-order valence-corrected chi connectivity index (χ3v) is 3.95. The van der Waals surface area contributed by atoms with E-state index in [-0.39, 0.29) is 0 Å². The lowest BCUT2D eigenvalue weighted by atomic mass is 10.1. The van der Waals surface area contributed by atoms with Crippen molar-refractivity contribution in [1.29, 1.82) is 0 Å². The monoisotopic (exact) mass is 310 g/mol. The molecular weight excluding hydrogens is 286 g/mol. The Labute approximate surface area is 132 Å². The molecule has 0 aliphatic carbocycles. The Balaban J connectivity index is 1.87. The maximum Gasteiger partial charge on any atom is 0.137 e. The van der Waals surface area contributed by atoms with Gasteiger partial charge in [0.25, 0.3) is 0 Å². The number of rotatable bonds is 6. The van der Waals surface area contributed by atoms with E-state index in [1.54, 1.807) is 4.90 Å². The number of ether oxygens (including phenoxy) is 2. The number of nitrogens with one attached hydrogen (secondary N) is 1. The van der Waals surface area contributed by atoms with Crippen LogP contribution in [0.2, 0.25) is 5.02 Å². The van der Waals surface area contributed by atoms with Crippen molar-refractivity contribution in [3.05, 3.63) is 41.4 Å². The Hall–Kier alpha value is -1.03. The zero-order valence-corrected chi connectivity index (χ0v) is 13.7. The van der Waals surface area contributed by atoms with Gasteiger partial charge in [-0.15, -0.1) is 6.58 Å². The maximum atomic E-state index is 6.03. The van der Waals surface area contributed by atoms with Gasteiger partial charge in [0.2, 0.25) is 0 Å². The lowest BCUT2D eigenvalue weighted by Crippen LogP contribution is -3.16. The standard InChI is InChI=1S/C17H24ClNO2/c1-4-5-15-10-16(18)6-7-17(15)20-9-8-19-11-13(2)21-14(3)12-19/h4,6-7,10,13-14H,1,5,8-9,11-12H2,2-3H3/p+1/t13-,14-/m0/s1. The Bertz CT molecular complexity index is 468. The predicted octanol–water partition coefficient (Wildman–Crippen LogP) is 2.14. The molecule has 1 N–H and O–H groups in total. The van der Waals surface area contributed by atoms with Gasteiger partial charge in [0.15, 0.2) is 0 Å². The van der Waals surface area contributed by atoms with Gasteiger partial charge in [0.05, 0.1) is 0 Å². The molecule has 2 atom stereocenters. The van der Waals surface area contributed by atoms with E-state index in [4.69, 9.17) is 21.1 Å². The van der Waals surface area contributed by atoms with Gasteiger partial charge in [-0.3, -0.25) is 0 Å². The number of hydrogen-bond donors (Lipinski definition) is 1. The largest absolute Gasteiger partial charge is 0.487 e. The highest BCUT2D eigenvalue weighted by molar-refractivity contribution is 6.30. The number of hydrogen-bond acceptors (Lipinski definition) is 2. The van der Waals surface area contributed by atoms with E-state index < -0.39 is 0 Å². The Kier molecular flexibility index (Phi) is 6.09. The summed E-state index contributed by atoms with van der Waals surface area (Å²) in [6.07, 6.45) is 3.30. The van der Waals surface area contributed by atoms with Crippen LogP contribution in [0.4, 0.5) is 0 Å². The van der Waals surface area contributed by atoms with Gasteiger partial charge in [-0.25, -0.2) is 0 Å². The van der Waals surface area contributed by atoms with Crippen LogP contribution >= 0.6 is 11.6 Å². The second kappa shape index (κ2) is 7.83. The summed E-state index contributed by atoms with van der Waals surface area (Å²) in [5.74, 6) is 0.910. The first-order chi connectivity index (χ1) is 10.1. The van der Waals surface area contributed by atoms with Gasteiger partial charge in [0, 0.05) is 5.02 Å². The average Bonchev–Trinajstić information content (AvgIpc) is 2.40. The van der Waals surface area contributed by atoms with Gasteiger partial charge in [-0.2, -0.15) is 0 Å². The normalized spacial score (nSPS) is 25.6. The molecule has 0 saturated carbocycles. The summed E-state index contributed by atoms with van der Waals surface area (Å²) in [4.78, 5) is 1.54. The third kappa shape index (κ3) is 5.03. The number of benzene rings is 1. The van der Waals surface area contributed by atoms with Crippen LogP contribution in [0, 0.1) is 0 Å². The van der Waals surface area contributed by atoms with Crippen LogP contribution in [-0.2, 0) is 11.2 Å². The van der Waals surface area contributed by atoms with E-state index in [1.165, 1.54) is 0 Å². The molecule has 1 aromatic carbocycles. The molecule has 1 aliphatic heterocycles. The zero-order valence-electron chi connectivity index (χ0n) is 12.9. The summed E-state index contributed by atoms with van der Waals surface area (Å²) in [6.45, 7) is 11.9. The van der Waals surface area contributed by atoms with Crippen molar-refractivity contribution in [3.63, 3.8) is 0 Å². The molecule has 3 nitrogen and oxygen atoms in total. The van der Waals surface area contributed by atoms with E-state index in [0.29, 0.717) is 18.8 Å². The fourth-order valence-corrected chi connectivity index (χ4v) is 3.10. The van der Waals surface area contributed by atoms with Crippen molar-refractivity contribution in [1.82, 2.24) is 0 Å². The van der Waals surface area contributed by atoms with Gasteiger partial charge < -0.3 is 14.4 Å². The van der Waals surface area contributed by atoms with E-state index in [0.717, 1.165) is 42.4 Å². The number of halogens is 1. The molecule has 2 rings (SSSR count). The molecule has 0 spiro atoms. The molecule has 4 heteroatoms. The molecule has 0 aromatic heterocycles. The number of morpholine rings is 1. The summed E-state index contributed by atoms with van der Waals surface area (Å²) in [5.41, 5.74) is 1.09. The average molecular weight is 311 g/mol. The van der Waals surface area contributed by atoms with Gasteiger partial charge in [-0.1, -0.05) is 17.7 Å². The fourth-order valence-electron chi connectivity index (χ4n) is 2.90. The second-order valence-corrected chi connectivity index (χ2v) is 6.20. The molecule has 0 amide bonds. The molecule has 1 aromatic rings. The second-order valence-electron chi connectivity index (χ2n) is 5.76. The summed E-state index contributed by atoms with van der Waals surface area (Å²) >= 11 is 6.03. The van der Waals surface area contributed by atoms with Crippen LogP contribution in [-0.4, -0.2) is 38.4 Å². The van der Waals surface area contributed by atoms with E-state index in [2.05, 4.69) is 20.4 Å². The predicted molar refractivity (Wildman–Crippen MR) is 86.4 cm³/mol. The maximum absolute atomic E-state index is 6.03. The van der Waals surface area contributed by atoms with Crippen molar-refractivity contribution in [2.45, 2.75) is 32.5 Å². The Morgan fingerprint density at radius 1 is 1.38 bits per heavy atom. The first-order valence-corrected chi connectivity index (χ1v) is 7.97. The van der Waals surface area contributed by atoms with Crippen molar-refractivity contribution >= 4 is 11.6 Å². The fraction of sp³-hybridized carbons (Fsp3) is 0.529. The molecule has 0 radical (unpaired) electrons. The highest BCUT2D eigenvalue weighted by Gasteiger charge is 2.25. The van der Waals surface area contributed by atoms with Crippen LogP contribution in [0.25, 0.3) is 0 Å². The first kappa shape index (κ1) is 16.3. The highest BCUT2D eigenvalue weighted by Crippen LogP contribution is 2.23. The third-order valence-electron chi connectivity index (χ3n) is 3.72. The van der Waals surface area contributed by atoms with Crippen LogP contribution in [0.3, 0.4) is 0 Å². The van der Waals surface area contributed by atoms with Crippen LogP contribution in [0.1, 0.15) is 19.4 Å².